The number of likely N-dealkylation sites (tertiary alicyclic amines) is 1. The summed E-state index contributed by atoms with van der Waals surface area (Å²) < 4.78 is 4.08. The third kappa shape index (κ3) is 6.02. The van der Waals surface area contributed by atoms with Gasteiger partial charge in [-0.1, -0.05) is 44.2 Å². The highest BCUT2D eigenvalue weighted by molar-refractivity contribution is 5.76. The predicted octanol–water partition coefficient (Wildman–Crippen LogP) is 4.44. The Hall–Kier alpha value is -3.97. The van der Waals surface area contributed by atoms with E-state index in [1.807, 2.05) is 24.4 Å². The Morgan fingerprint density at radius 3 is 2.64 bits per heavy atom. The Morgan fingerprint density at radius 2 is 1.93 bits per heavy atom. The maximum absolute atomic E-state index is 13.2. The van der Waals surface area contributed by atoms with Gasteiger partial charge in [-0.15, -0.1) is 22.5 Å². The van der Waals surface area contributed by atoms with Crippen molar-refractivity contribution in [2.24, 2.45) is 5.41 Å². The topological polar surface area (TPSA) is 110 Å². The molecule has 2 aliphatic carbocycles. The lowest BCUT2D eigenvalue weighted by Crippen LogP contribution is -2.85. The molecule has 0 radical (unpaired) electrons. The highest BCUT2D eigenvalue weighted by Gasteiger charge is 2.75. The lowest BCUT2D eigenvalue weighted by Gasteiger charge is -2.80. The lowest BCUT2D eigenvalue weighted by atomic mass is 9.40. The first-order valence-corrected chi connectivity index (χ1v) is 16.5. The van der Waals surface area contributed by atoms with E-state index in [0.29, 0.717) is 48.8 Å². The van der Waals surface area contributed by atoms with Gasteiger partial charge in [-0.05, 0) is 51.0 Å². The van der Waals surface area contributed by atoms with Crippen LogP contribution in [0.4, 0.5) is 0 Å². The standard InChI is InChI=1S/C35H46N8O2/c1-5-6-7-11-14-32(44)36-20-26-21-37-41(22-26)23-33(45)38-28(27-12-9-8-10-13-27)16-18-42-29-15-17-35(29)30(42)19-31(35)43-25(4)39-40-34(43)24(2)3/h1,8-10,12-13,21-22,24,28-31H,6-7,11,14-20,23H2,2-4H3,(H,36,44)(H,38,45). The van der Waals surface area contributed by atoms with E-state index in [1.54, 1.807) is 10.9 Å². The Balaban J connectivity index is 1.02. The predicted molar refractivity (Wildman–Crippen MR) is 172 cm³/mol. The molecule has 3 aliphatic rings. The molecular formula is C35H46N8O2. The molecule has 45 heavy (non-hydrogen) atoms. The van der Waals surface area contributed by atoms with Crippen molar-refractivity contribution in [2.75, 3.05) is 6.54 Å². The molecule has 3 aromatic rings. The summed E-state index contributed by atoms with van der Waals surface area (Å²) in [6.07, 6.45) is 16.1. The van der Waals surface area contributed by atoms with E-state index >= 15 is 0 Å². The van der Waals surface area contributed by atoms with Crippen LogP contribution in [-0.2, 0) is 22.7 Å². The second-order valence-corrected chi connectivity index (χ2v) is 13.4. The van der Waals surface area contributed by atoms with Crippen LogP contribution in [0.5, 0.6) is 0 Å². The third-order valence-electron chi connectivity index (χ3n) is 10.3. The molecule has 1 aliphatic heterocycles. The van der Waals surface area contributed by atoms with Gasteiger partial charge >= 0.3 is 0 Å². The summed E-state index contributed by atoms with van der Waals surface area (Å²) in [6.45, 7) is 7.96. The minimum absolute atomic E-state index is 0.00357. The van der Waals surface area contributed by atoms with Crippen molar-refractivity contribution >= 4 is 11.8 Å². The first-order chi connectivity index (χ1) is 21.8. The fourth-order valence-electron chi connectivity index (χ4n) is 8.03. The number of aryl methyl sites for hydroxylation is 1. The molecule has 10 nitrogen and oxygen atoms in total. The van der Waals surface area contributed by atoms with Gasteiger partial charge < -0.3 is 15.2 Å². The summed E-state index contributed by atoms with van der Waals surface area (Å²) in [6, 6.07) is 11.9. The zero-order chi connectivity index (χ0) is 31.6. The molecule has 1 saturated heterocycles. The Labute approximate surface area is 266 Å². The van der Waals surface area contributed by atoms with Gasteiger partial charge in [0, 0.05) is 67.1 Å². The third-order valence-corrected chi connectivity index (χ3v) is 10.3. The van der Waals surface area contributed by atoms with Crippen LogP contribution in [0, 0.1) is 24.7 Å². The van der Waals surface area contributed by atoms with E-state index in [1.165, 1.54) is 12.8 Å². The average Bonchev–Trinajstić information content (AvgIpc) is 3.61. The summed E-state index contributed by atoms with van der Waals surface area (Å²) in [4.78, 5) is 28.0. The Kier molecular flexibility index (Phi) is 9.09. The van der Waals surface area contributed by atoms with E-state index in [9.17, 15) is 9.59 Å². The molecular weight excluding hydrogens is 564 g/mol. The minimum atomic E-state index is -0.0823. The summed E-state index contributed by atoms with van der Waals surface area (Å²) in [5.74, 6) is 5.03. The van der Waals surface area contributed by atoms with Gasteiger partial charge in [-0.3, -0.25) is 19.2 Å². The van der Waals surface area contributed by atoms with E-state index < -0.39 is 0 Å². The monoisotopic (exact) mass is 610 g/mol. The number of aromatic nitrogens is 5. The van der Waals surface area contributed by atoms with Crippen LogP contribution in [0.25, 0.3) is 0 Å². The van der Waals surface area contributed by atoms with Gasteiger partial charge in [-0.2, -0.15) is 5.10 Å². The number of hydrogen-bond acceptors (Lipinski definition) is 6. The van der Waals surface area contributed by atoms with E-state index in [0.717, 1.165) is 55.0 Å². The van der Waals surface area contributed by atoms with Crippen molar-refractivity contribution in [3.05, 3.63) is 65.5 Å². The van der Waals surface area contributed by atoms with Gasteiger partial charge in [-0.25, -0.2) is 0 Å². The molecule has 3 fully saturated rings. The van der Waals surface area contributed by atoms with Crippen molar-refractivity contribution in [2.45, 2.75) is 115 Å². The lowest BCUT2D eigenvalue weighted by molar-refractivity contribution is -0.295. The van der Waals surface area contributed by atoms with E-state index in [4.69, 9.17) is 6.42 Å². The molecule has 0 bridgehead atoms. The first-order valence-electron chi connectivity index (χ1n) is 16.5. The van der Waals surface area contributed by atoms with Crippen LogP contribution >= 0.6 is 0 Å². The van der Waals surface area contributed by atoms with E-state index in [-0.39, 0.29) is 24.4 Å². The highest BCUT2D eigenvalue weighted by atomic mass is 16.2. The highest BCUT2D eigenvalue weighted by Crippen LogP contribution is 2.73. The number of terminal acetylenes is 1. The molecule has 10 heteroatoms. The largest absolute Gasteiger partial charge is 0.352 e. The van der Waals surface area contributed by atoms with Crippen molar-refractivity contribution in [1.82, 2.24) is 40.1 Å². The van der Waals surface area contributed by atoms with Crippen molar-refractivity contribution in [3.8, 4) is 12.3 Å². The maximum Gasteiger partial charge on any atom is 0.242 e. The van der Waals surface area contributed by atoms with Crippen LogP contribution in [0.3, 0.4) is 0 Å². The average molecular weight is 611 g/mol. The Bertz CT molecular complexity index is 1530. The van der Waals surface area contributed by atoms with Crippen LogP contribution in [-0.4, -0.2) is 59.9 Å². The van der Waals surface area contributed by atoms with Crippen LogP contribution in [0.15, 0.2) is 42.7 Å². The summed E-state index contributed by atoms with van der Waals surface area (Å²) >= 11 is 0. The summed E-state index contributed by atoms with van der Waals surface area (Å²) in [7, 11) is 0. The number of amides is 2. The van der Waals surface area contributed by atoms with Crippen molar-refractivity contribution < 1.29 is 9.59 Å². The first kappa shape index (κ1) is 31.0. The fraction of sp³-hybridized carbons (Fsp3) is 0.571. The SMILES string of the molecule is C#CCCCCC(=O)NCc1cnn(CC(=O)NC(CCN2C3CCC34C2CC4n2c(C)nnc2C(C)C)c2ccccc2)c1. The number of rotatable bonds is 15. The van der Waals surface area contributed by atoms with Crippen LogP contribution in [0.1, 0.15) is 106 Å². The molecule has 3 heterocycles. The zero-order valence-corrected chi connectivity index (χ0v) is 26.8. The molecule has 5 unspecified atom stereocenters. The second kappa shape index (κ2) is 13.2. The van der Waals surface area contributed by atoms with Crippen molar-refractivity contribution in [1.29, 1.82) is 0 Å². The Morgan fingerprint density at radius 1 is 1.11 bits per heavy atom. The van der Waals surface area contributed by atoms with Gasteiger partial charge in [0.1, 0.15) is 18.2 Å². The zero-order valence-electron chi connectivity index (χ0n) is 26.8. The molecule has 238 valence electrons. The quantitative estimate of drug-likeness (QED) is 0.195. The number of carbonyl (C=O) groups excluding carboxylic acids is 2. The molecule has 1 aromatic carbocycles. The molecule has 2 saturated carbocycles. The van der Waals surface area contributed by atoms with Gasteiger partial charge in [0.25, 0.3) is 0 Å². The van der Waals surface area contributed by atoms with E-state index in [2.05, 4.69) is 74.2 Å². The van der Waals surface area contributed by atoms with Crippen molar-refractivity contribution in [3.63, 3.8) is 0 Å². The second-order valence-electron chi connectivity index (χ2n) is 13.4. The van der Waals surface area contributed by atoms with Gasteiger partial charge in [0.15, 0.2) is 0 Å². The van der Waals surface area contributed by atoms with Gasteiger partial charge in [0.2, 0.25) is 11.8 Å². The number of benzene rings is 1. The summed E-state index contributed by atoms with van der Waals surface area (Å²) in [5, 5.41) is 19.5. The number of nitrogens with zero attached hydrogens (tertiary/aromatic N) is 6. The summed E-state index contributed by atoms with van der Waals surface area (Å²) in [5.41, 5.74) is 2.34. The number of hydrogen-bond donors (Lipinski definition) is 2. The molecule has 2 N–H and O–H groups in total. The molecule has 1 spiro atoms. The number of nitrogens with one attached hydrogen (secondary N) is 2. The molecule has 6 rings (SSSR count). The maximum atomic E-state index is 13.2. The molecule has 5 atom stereocenters. The van der Waals surface area contributed by atoms with Crippen LogP contribution in [0.2, 0.25) is 0 Å². The molecule has 2 amide bonds. The normalized spacial score (nSPS) is 23.9. The fourth-order valence-corrected chi connectivity index (χ4v) is 8.03. The van der Waals surface area contributed by atoms with Crippen LogP contribution < -0.4 is 10.6 Å². The number of piperidine rings is 2. The smallest absolute Gasteiger partial charge is 0.242 e. The minimum Gasteiger partial charge on any atom is -0.352 e. The van der Waals surface area contributed by atoms with Gasteiger partial charge in [0.05, 0.1) is 12.2 Å². The molecule has 2 aromatic heterocycles. The number of carbonyl (C=O) groups is 2. The number of unbranched alkanes of at least 4 members (excludes halogenated alkanes) is 2.